The van der Waals surface area contributed by atoms with Crippen LogP contribution in [-0.2, 0) is 4.74 Å². The monoisotopic (exact) mass is 264 g/mol. The Hall–Kier alpha value is -1.82. The van der Waals surface area contributed by atoms with Gasteiger partial charge in [0.25, 0.3) is 5.91 Å². The maximum Gasteiger partial charge on any atom is 0.250 e. The van der Waals surface area contributed by atoms with Crippen molar-refractivity contribution in [3.05, 3.63) is 17.8 Å². The number of primary amides is 1. The predicted molar refractivity (Wildman–Crippen MR) is 73.8 cm³/mol. The third-order valence-corrected chi connectivity index (χ3v) is 3.60. The lowest BCUT2D eigenvalue weighted by molar-refractivity contribution is 0.0300. The molecule has 5 N–H and O–H groups in total. The van der Waals surface area contributed by atoms with Crippen molar-refractivity contribution in [1.82, 2.24) is 4.98 Å². The zero-order chi connectivity index (χ0) is 13.9. The smallest absolute Gasteiger partial charge is 0.250 e. The summed E-state index contributed by atoms with van der Waals surface area (Å²) in [5, 5.41) is 3.25. The number of ether oxygens (including phenoxy) is 1. The van der Waals surface area contributed by atoms with Crippen LogP contribution in [0, 0.1) is 5.41 Å². The van der Waals surface area contributed by atoms with Crippen molar-refractivity contribution in [3.63, 3.8) is 0 Å². The van der Waals surface area contributed by atoms with Gasteiger partial charge in [0.1, 0.15) is 5.82 Å². The SMILES string of the molecule is CC1(CNc2cc(C(N)=O)c(N)cn2)CCOCC1. The first-order valence-corrected chi connectivity index (χ1v) is 6.37. The van der Waals surface area contributed by atoms with Gasteiger partial charge in [-0.3, -0.25) is 4.79 Å². The van der Waals surface area contributed by atoms with Crippen LogP contribution < -0.4 is 16.8 Å². The Bertz CT molecular complexity index is 470. The van der Waals surface area contributed by atoms with Gasteiger partial charge in [0, 0.05) is 19.8 Å². The number of hydrogen-bond donors (Lipinski definition) is 3. The summed E-state index contributed by atoms with van der Waals surface area (Å²) in [4.78, 5) is 15.4. The van der Waals surface area contributed by atoms with E-state index in [9.17, 15) is 4.79 Å². The molecule has 0 atom stereocenters. The van der Waals surface area contributed by atoms with Crippen LogP contribution in [0.1, 0.15) is 30.1 Å². The van der Waals surface area contributed by atoms with Crippen molar-refractivity contribution >= 4 is 17.4 Å². The van der Waals surface area contributed by atoms with Crippen molar-refractivity contribution in [2.24, 2.45) is 11.1 Å². The molecule has 0 radical (unpaired) electrons. The highest BCUT2D eigenvalue weighted by molar-refractivity contribution is 5.98. The van der Waals surface area contributed by atoms with Gasteiger partial charge in [-0.2, -0.15) is 0 Å². The second-order valence-electron chi connectivity index (χ2n) is 5.30. The van der Waals surface area contributed by atoms with Gasteiger partial charge in [-0.15, -0.1) is 0 Å². The zero-order valence-electron chi connectivity index (χ0n) is 11.1. The minimum absolute atomic E-state index is 0.189. The van der Waals surface area contributed by atoms with Crippen molar-refractivity contribution in [3.8, 4) is 0 Å². The highest BCUT2D eigenvalue weighted by Gasteiger charge is 2.27. The Kier molecular flexibility index (Phi) is 3.90. The van der Waals surface area contributed by atoms with Gasteiger partial charge in [0.2, 0.25) is 0 Å². The standard InChI is InChI=1S/C13H20N4O2/c1-13(2-4-19-5-3-13)8-17-11-6-9(12(15)18)10(14)7-16-11/h6-7H,2-5,8,14H2,1H3,(H2,15,18)(H,16,17). The first-order chi connectivity index (χ1) is 9.00. The van der Waals surface area contributed by atoms with E-state index in [2.05, 4.69) is 17.2 Å². The van der Waals surface area contributed by atoms with Crippen LogP contribution in [-0.4, -0.2) is 30.6 Å². The second kappa shape index (κ2) is 5.44. The number of nitrogen functional groups attached to an aromatic ring is 1. The fourth-order valence-corrected chi connectivity index (χ4v) is 2.12. The minimum Gasteiger partial charge on any atom is -0.397 e. The van der Waals surface area contributed by atoms with Crippen LogP contribution in [0.25, 0.3) is 0 Å². The van der Waals surface area contributed by atoms with Crippen LogP contribution in [0.15, 0.2) is 12.3 Å². The molecule has 19 heavy (non-hydrogen) atoms. The first kappa shape index (κ1) is 13.6. The molecule has 1 aromatic rings. The maximum absolute atomic E-state index is 11.2. The fourth-order valence-electron chi connectivity index (χ4n) is 2.12. The van der Waals surface area contributed by atoms with E-state index in [1.165, 1.54) is 6.20 Å². The number of pyridine rings is 1. The summed E-state index contributed by atoms with van der Waals surface area (Å²) in [7, 11) is 0. The molecule has 0 bridgehead atoms. The van der Waals surface area contributed by atoms with Crippen LogP contribution in [0.3, 0.4) is 0 Å². The molecule has 104 valence electrons. The molecule has 0 aromatic carbocycles. The molecule has 0 aliphatic carbocycles. The molecule has 1 aromatic heterocycles. The first-order valence-electron chi connectivity index (χ1n) is 6.37. The summed E-state index contributed by atoms with van der Waals surface area (Å²) >= 11 is 0. The number of anilines is 2. The molecule has 6 heteroatoms. The van der Waals surface area contributed by atoms with Crippen LogP contribution in [0.2, 0.25) is 0 Å². The largest absolute Gasteiger partial charge is 0.397 e. The van der Waals surface area contributed by atoms with Gasteiger partial charge in [0.05, 0.1) is 17.4 Å². The zero-order valence-corrected chi connectivity index (χ0v) is 11.1. The molecule has 1 fully saturated rings. The number of carbonyl (C=O) groups is 1. The van der Waals surface area contributed by atoms with Gasteiger partial charge in [0.15, 0.2) is 0 Å². The van der Waals surface area contributed by atoms with Crippen LogP contribution in [0.4, 0.5) is 11.5 Å². The number of carbonyl (C=O) groups excluding carboxylic acids is 1. The second-order valence-corrected chi connectivity index (χ2v) is 5.30. The normalized spacial score (nSPS) is 17.9. The molecule has 1 aliphatic heterocycles. The van der Waals surface area contributed by atoms with E-state index in [4.69, 9.17) is 16.2 Å². The highest BCUT2D eigenvalue weighted by Crippen LogP contribution is 2.29. The van der Waals surface area contributed by atoms with E-state index in [1.54, 1.807) is 6.07 Å². The highest BCUT2D eigenvalue weighted by atomic mass is 16.5. The number of nitrogens with zero attached hydrogens (tertiary/aromatic N) is 1. The average Bonchev–Trinajstić information content (AvgIpc) is 2.38. The Morgan fingerprint density at radius 2 is 2.21 bits per heavy atom. The molecule has 0 unspecified atom stereocenters. The van der Waals surface area contributed by atoms with Gasteiger partial charge in [-0.1, -0.05) is 6.92 Å². The van der Waals surface area contributed by atoms with E-state index in [0.717, 1.165) is 32.6 Å². The molecular formula is C13H20N4O2. The number of nitrogens with one attached hydrogen (secondary N) is 1. The fraction of sp³-hybridized carbons (Fsp3) is 0.538. The van der Waals surface area contributed by atoms with Crippen molar-refractivity contribution in [2.45, 2.75) is 19.8 Å². The minimum atomic E-state index is -0.541. The summed E-state index contributed by atoms with van der Waals surface area (Å²) in [5.41, 5.74) is 11.7. The lowest BCUT2D eigenvalue weighted by atomic mass is 9.82. The summed E-state index contributed by atoms with van der Waals surface area (Å²) in [6.07, 6.45) is 3.48. The van der Waals surface area contributed by atoms with E-state index >= 15 is 0 Å². The van der Waals surface area contributed by atoms with E-state index in [1.807, 2.05) is 0 Å². The van der Waals surface area contributed by atoms with Gasteiger partial charge >= 0.3 is 0 Å². The molecule has 1 aliphatic rings. The van der Waals surface area contributed by atoms with Gasteiger partial charge in [-0.05, 0) is 24.3 Å². The molecule has 0 saturated carbocycles. The predicted octanol–water partition coefficient (Wildman–Crippen LogP) is 0.991. The Morgan fingerprint density at radius 1 is 1.53 bits per heavy atom. The quantitative estimate of drug-likeness (QED) is 0.752. The molecular weight excluding hydrogens is 244 g/mol. The molecule has 2 rings (SSSR count). The Morgan fingerprint density at radius 3 is 2.84 bits per heavy atom. The average molecular weight is 264 g/mol. The third kappa shape index (κ3) is 3.35. The van der Waals surface area contributed by atoms with Crippen LogP contribution in [0.5, 0.6) is 0 Å². The molecule has 1 amide bonds. The summed E-state index contributed by atoms with van der Waals surface area (Å²) in [5.74, 6) is 0.0796. The molecule has 6 nitrogen and oxygen atoms in total. The van der Waals surface area contributed by atoms with Gasteiger partial charge < -0.3 is 21.5 Å². The van der Waals surface area contributed by atoms with E-state index < -0.39 is 5.91 Å². The molecule has 1 saturated heterocycles. The summed E-state index contributed by atoms with van der Waals surface area (Å²) in [6, 6.07) is 1.60. The molecule has 2 heterocycles. The van der Waals surface area contributed by atoms with E-state index in [-0.39, 0.29) is 5.41 Å². The summed E-state index contributed by atoms with van der Waals surface area (Å²) < 4.78 is 5.36. The number of hydrogen-bond acceptors (Lipinski definition) is 5. The van der Waals surface area contributed by atoms with Crippen molar-refractivity contribution in [1.29, 1.82) is 0 Å². The number of rotatable bonds is 4. The maximum atomic E-state index is 11.2. The number of amides is 1. The van der Waals surface area contributed by atoms with Crippen molar-refractivity contribution < 1.29 is 9.53 Å². The number of aromatic nitrogens is 1. The lowest BCUT2D eigenvalue weighted by Crippen LogP contribution is -2.33. The third-order valence-electron chi connectivity index (χ3n) is 3.60. The lowest BCUT2D eigenvalue weighted by Gasteiger charge is -2.33. The Balaban J connectivity index is 2.03. The van der Waals surface area contributed by atoms with E-state index in [0.29, 0.717) is 17.1 Å². The molecule has 0 spiro atoms. The van der Waals surface area contributed by atoms with Crippen LogP contribution >= 0.6 is 0 Å². The number of nitrogens with two attached hydrogens (primary N) is 2. The Labute approximate surface area is 112 Å². The van der Waals surface area contributed by atoms with Gasteiger partial charge in [-0.25, -0.2) is 4.98 Å². The summed E-state index contributed by atoms with van der Waals surface area (Å²) in [6.45, 7) is 4.58. The van der Waals surface area contributed by atoms with Crippen molar-refractivity contribution in [2.75, 3.05) is 30.8 Å². The topological polar surface area (TPSA) is 103 Å².